The predicted molar refractivity (Wildman–Crippen MR) is 60.9 cm³/mol. The van der Waals surface area contributed by atoms with Crippen LogP contribution in [-0.2, 0) is 0 Å². The highest BCUT2D eigenvalue weighted by Crippen LogP contribution is 2.11. The third-order valence-corrected chi connectivity index (χ3v) is 2.74. The molecule has 2 heterocycles. The summed E-state index contributed by atoms with van der Waals surface area (Å²) in [6.45, 7) is 4.28. The first-order chi connectivity index (χ1) is 7.24. The zero-order valence-electron chi connectivity index (χ0n) is 9.40. The fraction of sp³-hybridized carbons (Fsp3) is 0.636. The molecule has 1 N–H and O–H groups in total. The molecular formula is C11H18N4. The van der Waals surface area contributed by atoms with E-state index in [2.05, 4.69) is 27.2 Å². The van der Waals surface area contributed by atoms with Crippen LogP contribution < -0.4 is 5.32 Å². The molecule has 0 aromatic carbocycles. The van der Waals surface area contributed by atoms with Gasteiger partial charge in [0.15, 0.2) is 0 Å². The second kappa shape index (κ2) is 4.57. The third kappa shape index (κ3) is 2.89. The summed E-state index contributed by atoms with van der Waals surface area (Å²) in [7, 11) is 2.16. The van der Waals surface area contributed by atoms with E-state index in [0.717, 1.165) is 18.1 Å². The van der Waals surface area contributed by atoms with Crippen LogP contribution in [0.5, 0.6) is 0 Å². The van der Waals surface area contributed by atoms with Gasteiger partial charge in [0, 0.05) is 25.0 Å². The highest BCUT2D eigenvalue weighted by molar-refractivity contribution is 5.26. The maximum atomic E-state index is 4.26. The first-order valence-corrected chi connectivity index (χ1v) is 5.48. The molecule has 4 nitrogen and oxygen atoms in total. The molecule has 0 amide bonds. The normalized spacial score (nSPS) is 22.7. The minimum absolute atomic E-state index is 0.492. The molecule has 4 heteroatoms. The van der Waals surface area contributed by atoms with E-state index in [4.69, 9.17) is 0 Å². The van der Waals surface area contributed by atoms with Crippen molar-refractivity contribution in [1.29, 1.82) is 0 Å². The number of piperidine rings is 1. The average Bonchev–Trinajstić information content (AvgIpc) is 2.22. The SMILES string of the molecule is Cc1cnc(NC2CCCN(C)C2)nc1. The minimum atomic E-state index is 0.492. The summed E-state index contributed by atoms with van der Waals surface area (Å²) in [5, 5.41) is 3.37. The van der Waals surface area contributed by atoms with Crippen LogP contribution in [0.3, 0.4) is 0 Å². The quantitative estimate of drug-likeness (QED) is 0.791. The lowest BCUT2D eigenvalue weighted by Crippen LogP contribution is -2.40. The van der Waals surface area contributed by atoms with Crippen molar-refractivity contribution >= 4 is 5.95 Å². The summed E-state index contributed by atoms with van der Waals surface area (Å²) < 4.78 is 0. The first kappa shape index (κ1) is 10.4. The van der Waals surface area contributed by atoms with Crippen LogP contribution in [0.15, 0.2) is 12.4 Å². The number of likely N-dealkylation sites (N-methyl/N-ethyl adjacent to an activating group) is 1. The molecule has 0 radical (unpaired) electrons. The van der Waals surface area contributed by atoms with Crippen molar-refractivity contribution in [2.75, 3.05) is 25.5 Å². The van der Waals surface area contributed by atoms with E-state index in [1.165, 1.54) is 19.4 Å². The summed E-state index contributed by atoms with van der Waals surface area (Å²) in [5.41, 5.74) is 1.10. The number of aromatic nitrogens is 2. The van der Waals surface area contributed by atoms with Gasteiger partial charge in [-0.25, -0.2) is 9.97 Å². The standard InChI is InChI=1S/C11H18N4/c1-9-6-12-11(13-7-9)14-10-4-3-5-15(2)8-10/h6-7,10H,3-5,8H2,1-2H3,(H,12,13,14). The topological polar surface area (TPSA) is 41.1 Å². The summed E-state index contributed by atoms with van der Waals surface area (Å²) in [5.74, 6) is 0.751. The van der Waals surface area contributed by atoms with E-state index in [9.17, 15) is 0 Å². The second-order valence-corrected chi connectivity index (χ2v) is 4.33. The van der Waals surface area contributed by atoms with Crippen LogP contribution in [0.25, 0.3) is 0 Å². The molecule has 0 spiro atoms. The third-order valence-electron chi connectivity index (χ3n) is 2.74. The Morgan fingerprint density at radius 3 is 2.80 bits per heavy atom. The minimum Gasteiger partial charge on any atom is -0.350 e. The monoisotopic (exact) mass is 206 g/mol. The van der Waals surface area contributed by atoms with Crippen molar-refractivity contribution in [3.05, 3.63) is 18.0 Å². The summed E-state index contributed by atoms with van der Waals surface area (Å²) in [6, 6.07) is 0.492. The maximum absolute atomic E-state index is 4.26. The van der Waals surface area contributed by atoms with E-state index < -0.39 is 0 Å². The van der Waals surface area contributed by atoms with Crippen molar-refractivity contribution in [1.82, 2.24) is 14.9 Å². The Balaban J connectivity index is 1.93. The number of aryl methyl sites for hydroxylation is 1. The Morgan fingerprint density at radius 2 is 2.13 bits per heavy atom. The average molecular weight is 206 g/mol. The van der Waals surface area contributed by atoms with Gasteiger partial charge in [0.25, 0.3) is 0 Å². The molecule has 1 saturated heterocycles. The number of hydrogen-bond acceptors (Lipinski definition) is 4. The molecular weight excluding hydrogens is 188 g/mol. The predicted octanol–water partition coefficient (Wildman–Crippen LogP) is 1.29. The van der Waals surface area contributed by atoms with Crippen molar-refractivity contribution in [2.45, 2.75) is 25.8 Å². The highest BCUT2D eigenvalue weighted by atomic mass is 15.2. The van der Waals surface area contributed by atoms with Crippen molar-refractivity contribution in [3.8, 4) is 0 Å². The number of nitrogens with zero attached hydrogens (tertiary/aromatic N) is 3. The van der Waals surface area contributed by atoms with Crippen LogP contribution in [0.1, 0.15) is 18.4 Å². The van der Waals surface area contributed by atoms with Crippen LogP contribution >= 0.6 is 0 Å². The van der Waals surface area contributed by atoms with Gasteiger partial charge in [0.2, 0.25) is 5.95 Å². The molecule has 0 bridgehead atoms. The summed E-state index contributed by atoms with van der Waals surface area (Å²) in [6.07, 6.45) is 6.16. The fourth-order valence-electron chi connectivity index (χ4n) is 1.93. The smallest absolute Gasteiger partial charge is 0.222 e. The number of hydrogen-bond donors (Lipinski definition) is 1. The van der Waals surface area contributed by atoms with E-state index >= 15 is 0 Å². The molecule has 1 unspecified atom stereocenters. The highest BCUT2D eigenvalue weighted by Gasteiger charge is 2.17. The lowest BCUT2D eigenvalue weighted by molar-refractivity contribution is 0.260. The molecule has 1 aromatic rings. The summed E-state index contributed by atoms with van der Waals surface area (Å²) in [4.78, 5) is 10.9. The maximum Gasteiger partial charge on any atom is 0.222 e. The van der Waals surface area contributed by atoms with Crippen LogP contribution in [0.4, 0.5) is 5.95 Å². The van der Waals surface area contributed by atoms with Crippen molar-refractivity contribution < 1.29 is 0 Å². The number of rotatable bonds is 2. The largest absolute Gasteiger partial charge is 0.350 e. The molecule has 1 aliphatic heterocycles. The Labute approximate surface area is 90.7 Å². The number of likely N-dealkylation sites (tertiary alicyclic amines) is 1. The van der Waals surface area contributed by atoms with Gasteiger partial charge in [-0.2, -0.15) is 0 Å². The Morgan fingerprint density at radius 1 is 1.40 bits per heavy atom. The van der Waals surface area contributed by atoms with Gasteiger partial charge in [0.05, 0.1) is 0 Å². The second-order valence-electron chi connectivity index (χ2n) is 4.33. The van der Waals surface area contributed by atoms with Gasteiger partial charge >= 0.3 is 0 Å². The van der Waals surface area contributed by atoms with Gasteiger partial charge in [-0.05, 0) is 38.9 Å². The molecule has 2 rings (SSSR count). The van der Waals surface area contributed by atoms with Gasteiger partial charge in [-0.1, -0.05) is 0 Å². The Hall–Kier alpha value is -1.16. The zero-order chi connectivity index (χ0) is 10.7. The van der Waals surface area contributed by atoms with E-state index in [-0.39, 0.29) is 0 Å². The van der Waals surface area contributed by atoms with Crippen LogP contribution in [-0.4, -0.2) is 41.0 Å². The van der Waals surface area contributed by atoms with Gasteiger partial charge in [0.1, 0.15) is 0 Å². The van der Waals surface area contributed by atoms with Gasteiger partial charge in [-0.3, -0.25) is 0 Å². The fourth-order valence-corrected chi connectivity index (χ4v) is 1.93. The van der Waals surface area contributed by atoms with Crippen LogP contribution in [0.2, 0.25) is 0 Å². The van der Waals surface area contributed by atoms with Crippen LogP contribution in [0, 0.1) is 6.92 Å². The summed E-state index contributed by atoms with van der Waals surface area (Å²) >= 11 is 0. The lowest BCUT2D eigenvalue weighted by atomic mass is 10.1. The Kier molecular flexibility index (Phi) is 3.16. The number of anilines is 1. The molecule has 15 heavy (non-hydrogen) atoms. The Bertz CT molecular complexity index is 309. The molecule has 0 aliphatic carbocycles. The molecule has 1 fully saturated rings. The first-order valence-electron chi connectivity index (χ1n) is 5.48. The number of nitrogens with one attached hydrogen (secondary N) is 1. The van der Waals surface area contributed by atoms with Gasteiger partial charge in [-0.15, -0.1) is 0 Å². The molecule has 82 valence electrons. The van der Waals surface area contributed by atoms with Gasteiger partial charge < -0.3 is 10.2 Å². The molecule has 1 atom stereocenters. The van der Waals surface area contributed by atoms with E-state index in [0.29, 0.717) is 6.04 Å². The molecule has 1 aliphatic rings. The zero-order valence-corrected chi connectivity index (χ0v) is 9.40. The lowest BCUT2D eigenvalue weighted by Gasteiger charge is -2.30. The van der Waals surface area contributed by atoms with Crippen molar-refractivity contribution in [3.63, 3.8) is 0 Å². The van der Waals surface area contributed by atoms with E-state index in [1.54, 1.807) is 0 Å². The molecule has 1 aromatic heterocycles. The molecule has 0 saturated carbocycles. The van der Waals surface area contributed by atoms with E-state index in [1.807, 2.05) is 19.3 Å². The van der Waals surface area contributed by atoms with Crippen molar-refractivity contribution in [2.24, 2.45) is 0 Å².